The number of anilines is 1. The van der Waals surface area contributed by atoms with Crippen molar-refractivity contribution in [3.63, 3.8) is 0 Å². The summed E-state index contributed by atoms with van der Waals surface area (Å²) < 4.78 is 13.6. The van der Waals surface area contributed by atoms with Gasteiger partial charge in [0.15, 0.2) is 0 Å². The topological polar surface area (TPSA) is 86.9 Å². The minimum atomic E-state index is -0.980. The molecule has 1 unspecified atom stereocenters. The highest BCUT2D eigenvalue weighted by Crippen LogP contribution is 2.25. The van der Waals surface area contributed by atoms with E-state index in [-0.39, 0.29) is 6.04 Å². The van der Waals surface area contributed by atoms with Gasteiger partial charge in [-0.3, -0.25) is 10.1 Å². The smallest absolute Gasteiger partial charge is 0.407 e. The van der Waals surface area contributed by atoms with Gasteiger partial charge in [-0.05, 0) is 13.0 Å². The van der Waals surface area contributed by atoms with Crippen LogP contribution in [0.4, 0.5) is 20.6 Å². The number of amides is 1. The van der Waals surface area contributed by atoms with Gasteiger partial charge in [-0.25, -0.2) is 4.79 Å². The quantitative estimate of drug-likeness (QED) is 0.662. The average molecular weight is 283 g/mol. The van der Waals surface area contributed by atoms with Crippen LogP contribution in [-0.4, -0.2) is 46.7 Å². The predicted octanol–water partition coefficient (Wildman–Crippen LogP) is 1.92. The molecule has 7 nitrogen and oxygen atoms in total. The maximum atomic E-state index is 13.6. The lowest BCUT2D eigenvalue weighted by atomic mass is 10.1. The second-order valence-corrected chi connectivity index (χ2v) is 4.66. The summed E-state index contributed by atoms with van der Waals surface area (Å²) in [5.74, 6) is -0.888. The number of halogens is 1. The van der Waals surface area contributed by atoms with Gasteiger partial charge in [0.2, 0.25) is 5.82 Å². The number of rotatable bonds is 2. The highest BCUT2D eigenvalue weighted by molar-refractivity contribution is 5.66. The number of nitro benzene ring substituents is 1. The van der Waals surface area contributed by atoms with Gasteiger partial charge < -0.3 is 14.9 Å². The summed E-state index contributed by atoms with van der Waals surface area (Å²) >= 11 is 0. The van der Waals surface area contributed by atoms with Crippen LogP contribution in [0.1, 0.15) is 6.92 Å². The predicted molar refractivity (Wildman–Crippen MR) is 69.5 cm³/mol. The maximum Gasteiger partial charge on any atom is 0.407 e. The van der Waals surface area contributed by atoms with E-state index in [0.29, 0.717) is 25.3 Å². The molecule has 1 aliphatic heterocycles. The third-order valence-electron chi connectivity index (χ3n) is 3.37. The number of benzene rings is 1. The van der Waals surface area contributed by atoms with E-state index in [1.54, 1.807) is 6.92 Å². The van der Waals surface area contributed by atoms with Crippen molar-refractivity contribution in [1.82, 2.24) is 4.90 Å². The Morgan fingerprint density at radius 2 is 2.20 bits per heavy atom. The molecule has 0 aromatic heterocycles. The molecule has 0 aliphatic carbocycles. The molecule has 1 amide bonds. The molecule has 1 aromatic rings. The monoisotopic (exact) mass is 283 g/mol. The van der Waals surface area contributed by atoms with E-state index in [1.165, 1.54) is 11.0 Å². The standard InChI is InChI=1S/C12H14FN3O4/c1-8-7-14(4-5-15(8)12(17)18)9-2-3-11(16(19)20)10(13)6-9/h2-3,6,8H,4-5,7H2,1H3,(H,17,18). The van der Waals surface area contributed by atoms with Crippen LogP contribution >= 0.6 is 0 Å². The van der Waals surface area contributed by atoms with E-state index in [1.807, 2.05) is 4.90 Å². The summed E-state index contributed by atoms with van der Waals surface area (Å²) in [6, 6.07) is 3.49. The fourth-order valence-electron chi connectivity index (χ4n) is 2.32. The molecule has 20 heavy (non-hydrogen) atoms. The molecule has 1 aromatic carbocycles. The Kier molecular flexibility index (Phi) is 3.73. The zero-order chi connectivity index (χ0) is 14.9. The number of piperazine rings is 1. The summed E-state index contributed by atoms with van der Waals surface area (Å²) in [6.45, 7) is 2.93. The Morgan fingerprint density at radius 1 is 1.50 bits per heavy atom. The van der Waals surface area contributed by atoms with Crippen LogP contribution in [0.5, 0.6) is 0 Å². The Balaban J connectivity index is 2.16. The fourth-order valence-corrected chi connectivity index (χ4v) is 2.32. The molecule has 0 saturated carbocycles. The van der Waals surface area contributed by atoms with Gasteiger partial charge in [-0.15, -0.1) is 0 Å². The van der Waals surface area contributed by atoms with Gasteiger partial charge >= 0.3 is 11.8 Å². The molecule has 1 heterocycles. The van der Waals surface area contributed by atoms with E-state index < -0.39 is 22.5 Å². The van der Waals surface area contributed by atoms with Gasteiger partial charge in [0.1, 0.15) is 0 Å². The molecule has 1 N–H and O–H groups in total. The number of nitrogens with zero attached hydrogens (tertiary/aromatic N) is 3. The Morgan fingerprint density at radius 3 is 2.70 bits per heavy atom. The van der Waals surface area contributed by atoms with Crippen molar-refractivity contribution < 1.29 is 19.2 Å². The number of hydrogen-bond acceptors (Lipinski definition) is 4. The van der Waals surface area contributed by atoms with E-state index in [9.17, 15) is 19.3 Å². The SMILES string of the molecule is CC1CN(c2ccc([N+](=O)[O-])c(F)c2)CCN1C(=O)O. The minimum absolute atomic E-state index is 0.223. The first-order valence-corrected chi connectivity index (χ1v) is 6.08. The summed E-state index contributed by atoms with van der Waals surface area (Å²) in [5, 5.41) is 19.5. The summed E-state index contributed by atoms with van der Waals surface area (Å²) in [5.41, 5.74) is -0.0454. The number of carboxylic acid groups (broad SMARTS) is 1. The lowest BCUT2D eigenvalue weighted by Crippen LogP contribution is -2.53. The molecule has 0 radical (unpaired) electrons. The molecule has 2 rings (SSSR count). The lowest BCUT2D eigenvalue weighted by molar-refractivity contribution is -0.387. The Bertz CT molecular complexity index is 552. The molecular weight excluding hydrogens is 269 g/mol. The number of hydrogen-bond donors (Lipinski definition) is 1. The molecule has 0 bridgehead atoms. The lowest BCUT2D eigenvalue weighted by Gasteiger charge is -2.39. The average Bonchev–Trinajstić information content (AvgIpc) is 2.37. The second kappa shape index (κ2) is 5.32. The molecule has 1 aliphatic rings. The van der Waals surface area contributed by atoms with Crippen LogP contribution in [0.2, 0.25) is 0 Å². The summed E-state index contributed by atoms with van der Waals surface area (Å²) in [4.78, 5) is 23.9. The fraction of sp³-hybridized carbons (Fsp3) is 0.417. The first kappa shape index (κ1) is 14.0. The maximum absolute atomic E-state index is 13.6. The van der Waals surface area contributed by atoms with Crippen molar-refractivity contribution in [2.75, 3.05) is 24.5 Å². The van der Waals surface area contributed by atoms with E-state index in [2.05, 4.69) is 0 Å². The third kappa shape index (κ3) is 2.63. The molecule has 1 atom stereocenters. The Hall–Kier alpha value is -2.38. The largest absolute Gasteiger partial charge is 0.465 e. The van der Waals surface area contributed by atoms with Crippen molar-refractivity contribution >= 4 is 17.5 Å². The van der Waals surface area contributed by atoms with Gasteiger partial charge in [-0.1, -0.05) is 0 Å². The van der Waals surface area contributed by atoms with Crippen molar-refractivity contribution in [3.05, 3.63) is 34.1 Å². The summed E-state index contributed by atoms with van der Waals surface area (Å²) in [6.07, 6.45) is -0.980. The zero-order valence-corrected chi connectivity index (χ0v) is 10.8. The molecule has 1 saturated heterocycles. The minimum Gasteiger partial charge on any atom is -0.465 e. The first-order valence-electron chi connectivity index (χ1n) is 6.08. The summed E-state index contributed by atoms with van der Waals surface area (Å²) in [7, 11) is 0. The highest BCUT2D eigenvalue weighted by atomic mass is 19.1. The Labute approximate surface area is 114 Å². The van der Waals surface area contributed by atoms with Crippen molar-refractivity contribution in [2.45, 2.75) is 13.0 Å². The van der Waals surface area contributed by atoms with Crippen LogP contribution in [0.3, 0.4) is 0 Å². The molecule has 8 heteroatoms. The van der Waals surface area contributed by atoms with E-state index >= 15 is 0 Å². The van der Waals surface area contributed by atoms with Crippen LogP contribution in [0.15, 0.2) is 18.2 Å². The number of carbonyl (C=O) groups is 1. The van der Waals surface area contributed by atoms with Gasteiger partial charge in [0.25, 0.3) is 0 Å². The van der Waals surface area contributed by atoms with Crippen LogP contribution < -0.4 is 4.90 Å². The van der Waals surface area contributed by atoms with Gasteiger partial charge in [0, 0.05) is 43.5 Å². The van der Waals surface area contributed by atoms with Crippen LogP contribution in [0, 0.1) is 15.9 Å². The van der Waals surface area contributed by atoms with E-state index in [4.69, 9.17) is 5.11 Å². The first-order chi connectivity index (χ1) is 9.40. The normalized spacial score (nSPS) is 19.0. The van der Waals surface area contributed by atoms with Crippen molar-refractivity contribution in [3.8, 4) is 0 Å². The van der Waals surface area contributed by atoms with Gasteiger partial charge in [-0.2, -0.15) is 4.39 Å². The molecule has 108 valence electrons. The van der Waals surface area contributed by atoms with Crippen molar-refractivity contribution in [1.29, 1.82) is 0 Å². The van der Waals surface area contributed by atoms with E-state index in [0.717, 1.165) is 12.1 Å². The van der Waals surface area contributed by atoms with Crippen molar-refractivity contribution in [2.24, 2.45) is 0 Å². The van der Waals surface area contributed by atoms with Gasteiger partial charge in [0.05, 0.1) is 4.92 Å². The molecule has 1 fully saturated rings. The molecule has 0 spiro atoms. The van der Waals surface area contributed by atoms with Crippen LogP contribution in [0.25, 0.3) is 0 Å². The highest BCUT2D eigenvalue weighted by Gasteiger charge is 2.28. The van der Waals surface area contributed by atoms with Crippen LogP contribution in [-0.2, 0) is 0 Å². The second-order valence-electron chi connectivity index (χ2n) is 4.66. The number of nitro groups is 1. The molecular formula is C12H14FN3O4. The third-order valence-corrected chi connectivity index (χ3v) is 3.37. The zero-order valence-electron chi connectivity index (χ0n) is 10.8.